The summed E-state index contributed by atoms with van der Waals surface area (Å²) in [5, 5.41) is 3.42. The molecule has 0 bridgehead atoms. The Morgan fingerprint density at radius 1 is 1.22 bits per heavy atom. The first-order chi connectivity index (χ1) is 13.0. The molecule has 5 nitrogen and oxygen atoms in total. The van der Waals surface area contributed by atoms with E-state index in [1.807, 2.05) is 43.3 Å². The fraction of sp³-hybridized carbons (Fsp3) is 0.211. The van der Waals surface area contributed by atoms with Crippen molar-refractivity contribution in [3.63, 3.8) is 0 Å². The third-order valence-electron chi connectivity index (χ3n) is 3.70. The molecule has 8 heteroatoms. The number of rotatable bonds is 7. The normalized spacial score (nSPS) is 11.9. The van der Waals surface area contributed by atoms with Gasteiger partial charge in [-0.15, -0.1) is 11.3 Å². The van der Waals surface area contributed by atoms with Crippen LogP contribution in [0.3, 0.4) is 0 Å². The Morgan fingerprint density at radius 3 is 2.70 bits per heavy atom. The monoisotopic (exact) mass is 420 g/mol. The minimum absolute atomic E-state index is 0.111. The van der Waals surface area contributed by atoms with Crippen LogP contribution < -0.4 is 5.32 Å². The smallest absolute Gasteiger partial charge is 0.316 e. The minimum atomic E-state index is -0.450. The van der Waals surface area contributed by atoms with Crippen molar-refractivity contribution in [2.24, 2.45) is 0 Å². The second-order valence-corrected chi connectivity index (χ2v) is 8.43. The van der Waals surface area contributed by atoms with Gasteiger partial charge in [0.05, 0.1) is 22.0 Å². The number of thiazole rings is 1. The molecular formula is C19H17ClN2O3S2. The second kappa shape index (κ2) is 9.21. The van der Waals surface area contributed by atoms with Gasteiger partial charge in [-0.25, -0.2) is 4.98 Å². The van der Waals surface area contributed by atoms with E-state index in [0.717, 1.165) is 20.1 Å². The number of hydrogen-bond acceptors (Lipinski definition) is 6. The summed E-state index contributed by atoms with van der Waals surface area (Å²) in [5.74, 6) is -0.691. The van der Waals surface area contributed by atoms with Crippen molar-refractivity contribution < 1.29 is 14.3 Å². The average Bonchev–Trinajstić information content (AvgIpc) is 3.08. The number of carbonyl (C=O) groups excluding carboxylic acids is 2. The summed E-state index contributed by atoms with van der Waals surface area (Å²) in [6.07, 6.45) is 0. The summed E-state index contributed by atoms with van der Waals surface area (Å²) in [6.45, 7) is 1.54. The first kappa shape index (κ1) is 19.7. The Bertz CT molecular complexity index is 911. The van der Waals surface area contributed by atoms with Gasteiger partial charge >= 0.3 is 5.97 Å². The largest absolute Gasteiger partial charge is 0.455 e. The number of nitrogens with one attached hydrogen (secondary N) is 1. The maximum absolute atomic E-state index is 12.0. The summed E-state index contributed by atoms with van der Waals surface area (Å²) in [7, 11) is 0. The van der Waals surface area contributed by atoms with Crippen molar-refractivity contribution in [3.8, 4) is 0 Å². The summed E-state index contributed by atoms with van der Waals surface area (Å²) in [6, 6.07) is 14.8. The number of halogens is 1. The highest BCUT2D eigenvalue weighted by Crippen LogP contribution is 2.29. The third-order valence-corrected chi connectivity index (χ3v) is 6.10. The number of hydrogen-bond donors (Lipinski definition) is 1. The molecule has 1 N–H and O–H groups in total. The molecule has 1 aromatic heterocycles. The van der Waals surface area contributed by atoms with Gasteiger partial charge in [0.1, 0.15) is 0 Å². The Labute approximate surface area is 170 Å². The van der Waals surface area contributed by atoms with Crippen LogP contribution in [0.2, 0.25) is 5.02 Å². The molecule has 2 aromatic carbocycles. The number of para-hydroxylation sites is 1. The predicted octanol–water partition coefficient (Wildman–Crippen LogP) is 4.46. The predicted molar refractivity (Wildman–Crippen MR) is 109 cm³/mol. The van der Waals surface area contributed by atoms with Crippen molar-refractivity contribution >= 4 is 56.8 Å². The molecule has 0 saturated heterocycles. The Hall–Kier alpha value is -2.09. The zero-order valence-corrected chi connectivity index (χ0v) is 16.9. The third kappa shape index (κ3) is 5.69. The molecule has 0 aliphatic rings. The van der Waals surface area contributed by atoms with Crippen LogP contribution in [0.15, 0.2) is 52.9 Å². The van der Waals surface area contributed by atoms with E-state index in [0.29, 0.717) is 5.02 Å². The molecule has 0 saturated carbocycles. The fourth-order valence-corrected chi connectivity index (χ4v) is 4.33. The number of esters is 1. The number of thioether (sulfide) groups is 1. The lowest BCUT2D eigenvalue weighted by Crippen LogP contribution is -2.31. The zero-order chi connectivity index (χ0) is 19.2. The van der Waals surface area contributed by atoms with Crippen molar-refractivity contribution in [3.05, 3.63) is 59.1 Å². The van der Waals surface area contributed by atoms with E-state index < -0.39 is 5.97 Å². The number of carbonyl (C=O) groups is 2. The number of nitrogens with zero attached hydrogens (tertiary/aromatic N) is 1. The first-order valence-electron chi connectivity index (χ1n) is 8.20. The fourth-order valence-electron chi connectivity index (χ4n) is 2.34. The highest BCUT2D eigenvalue weighted by Gasteiger charge is 2.13. The summed E-state index contributed by atoms with van der Waals surface area (Å²) in [4.78, 5) is 28.3. The molecule has 0 radical (unpaired) electrons. The minimum Gasteiger partial charge on any atom is -0.455 e. The highest BCUT2D eigenvalue weighted by molar-refractivity contribution is 8.01. The van der Waals surface area contributed by atoms with Crippen LogP contribution in [0, 0.1) is 0 Å². The topological polar surface area (TPSA) is 68.3 Å². The quantitative estimate of drug-likeness (QED) is 0.451. The molecule has 3 aromatic rings. The lowest BCUT2D eigenvalue weighted by Gasteiger charge is -2.14. The van der Waals surface area contributed by atoms with Gasteiger partial charge in [0.2, 0.25) is 0 Å². The standard InChI is InChI=1S/C19H17ClN2O3S2/c1-12(13-6-8-14(20)9-7-13)21-17(23)10-25-18(24)11-26-19-22-15-4-2-3-5-16(15)27-19/h2-9,12H,10-11H2,1H3,(H,21,23)/t12-/m1/s1. The molecule has 27 heavy (non-hydrogen) atoms. The number of benzene rings is 2. The van der Waals surface area contributed by atoms with Crippen LogP contribution in [0.1, 0.15) is 18.5 Å². The molecular weight excluding hydrogens is 404 g/mol. The number of fused-ring (bicyclic) bond motifs is 1. The van der Waals surface area contributed by atoms with Gasteiger partial charge in [-0.3, -0.25) is 9.59 Å². The van der Waals surface area contributed by atoms with E-state index in [1.54, 1.807) is 12.1 Å². The molecule has 1 atom stereocenters. The average molecular weight is 421 g/mol. The van der Waals surface area contributed by atoms with Crippen molar-refractivity contribution in [2.75, 3.05) is 12.4 Å². The molecule has 3 rings (SSSR count). The molecule has 1 amide bonds. The van der Waals surface area contributed by atoms with Gasteiger partial charge in [0.25, 0.3) is 5.91 Å². The molecule has 0 aliphatic heterocycles. The van der Waals surface area contributed by atoms with E-state index in [9.17, 15) is 9.59 Å². The lowest BCUT2D eigenvalue weighted by molar-refractivity contribution is -0.146. The highest BCUT2D eigenvalue weighted by atomic mass is 35.5. The van der Waals surface area contributed by atoms with E-state index in [4.69, 9.17) is 16.3 Å². The van der Waals surface area contributed by atoms with E-state index in [1.165, 1.54) is 23.1 Å². The van der Waals surface area contributed by atoms with E-state index in [2.05, 4.69) is 10.3 Å². The lowest BCUT2D eigenvalue weighted by atomic mass is 10.1. The second-order valence-electron chi connectivity index (χ2n) is 5.74. The SMILES string of the molecule is C[C@@H](NC(=O)COC(=O)CSc1nc2ccccc2s1)c1ccc(Cl)cc1. The van der Waals surface area contributed by atoms with Crippen molar-refractivity contribution in [1.29, 1.82) is 0 Å². The molecule has 0 spiro atoms. The number of aromatic nitrogens is 1. The van der Waals surface area contributed by atoms with E-state index in [-0.39, 0.29) is 24.3 Å². The van der Waals surface area contributed by atoms with Crippen molar-refractivity contribution in [2.45, 2.75) is 17.3 Å². The van der Waals surface area contributed by atoms with Crippen LogP contribution in [-0.4, -0.2) is 29.2 Å². The van der Waals surface area contributed by atoms with Crippen LogP contribution in [0.25, 0.3) is 10.2 Å². The molecule has 0 fully saturated rings. The molecule has 140 valence electrons. The van der Waals surface area contributed by atoms with Crippen LogP contribution >= 0.6 is 34.7 Å². The molecule has 0 unspecified atom stereocenters. The van der Waals surface area contributed by atoms with Gasteiger partial charge in [-0.05, 0) is 36.8 Å². The Kier molecular flexibility index (Phi) is 6.71. The van der Waals surface area contributed by atoms with Gasteiger partial charge < -0.3 is 10.1 Å². The van der Waals surface area contributed by atoms with Crippen LogP contribution in [-0.2, 0) is 14.3 Å². The van der Waals surface area contributed by atoms with Gasteiger partial charge in [0, 0.05) is 5.02 Å². The Balaban J connectivity index is 1.41. The maximum atomic E-state index is 12.0. The molecule has 0 aliphatic carbocycles. The van der Waals surface area contributed by atoms with E-state index >= 15 is 0 Å². The van der Waals surface area contributed by atoms with Gasteiger partial charge in [-0.2, -0.15) is 0 Å². The zero-order valence-electron chi connectivity index (χ0n) is 14.5. The van der Waals surface area contributed by atoms with Crippen LogP contribution in [0.4, 0.5) is 0 Å². The first-order valence-corrected chi connectivity index (χ1v) is 10.4. The van der Waals surface area contributed by atoms with Gasteiger partial charge in [0.15, 0.2) is 10.9 Å². The van der Waals surface area contributed by atoms with Gasteiger partial charge in [-0.1, -0.05) is 47.6 Å². The number of ether oxygens (including phenoxy) is 1. The Morgan fingerprint density at radius 2 is 1.96 bits per heavy atom. The summed E-state index contributed by atoms with van der Waals surface area (Å²) < 4.78 is 6.91. The summed E-state index contributed by atoms with van der Waals surface area (Å²) in [5.41, 5.74) is 1.83. The number of amides is 1. The van der Waals surface area contributed by atoms with Crippen molar-refractivity contribution in [1.82, 2.24) is 10.3 Å². The maximum Gasteiger partial charge on any atom is 0.316 e. The van der Waals surface area contributed by atoms with Crippen LogP contribution in [0.5, 0.6) is 0 Å². The molecule has 1 heterocycles. The summed E-state index contributed by atoms with van der Waals surface area (Å²) >= 11 is 8.69.